The van der Waals surface area contributed by atoms with Crippen LogP contribution >= 0.6 is 0 Å². The highest BCUT2D eigenvalue weighted by Gasteiger charge is 2.18. The summed E-state index contributed by atoms with van der Waals surface area (Å²) in [6, 6.07) is 63.3. The van der Waals surface area contributed by atoms with Crippen molar-refractivity contribution in [2.75, 3.05) is 0 Å². The molecule has 0 aliphatic rings. The monoisotopic (exact) mass is 661 g/mol. The van der Waals surface area contributed by atoms with Gasteiger partial charge < -0.3 is 0 Å². The van der Waals surface area contributed by atoms with Crippen LogP contribution in [0.1, 0.15) is 0 Å². The van der Waals surface area contributed by atoms with E-state index in [2.05, 4.69) is 162 Å². The van der Waals surface area contributed by atoms with E-state index in [1.807, 2.05) is 24.3 Å². The summed E-state index contributed by atoms with van der Waals surface area (Å²) in [5, 5.41) is 9.93. The second-order valence-corrected chi connectivity index (χ2v) is 13.2. The molecule has 0 aliphatic carbocycles. The molecule has 0 atom stereocenters. The number of pyridine rings is 1. The zero-order chi connectivity index (χ0) is 34.4. The predicted octanol–water partition coefficient (Wildman–Crippen LogP) is 12.8. The fourth-order valence-electron chi connectivity index (χ4n) is 7.65. The summed E-state index contributed by atoms with van der Waals surface area (Å²) in [5.41, 5.74) is 9.96. The van der Waals surface area contributed by atoms with E-state index >= 15 is 0 Å². The van der Waals surface area contributed by atoms with Crippen molar-refractivity contribution in [3.8, 4) is 56.2 Å². The van der Waals surface area contributed by atoms with Gasteiger partial charge in [0.2, 0.25) is 0 Å². The summed E-state index contributed by atoms with van der Waals surface area (Å²) in [7, 11) is 0. The highest BCUT2D eigenvalue weighted by Crippen LogP contribution is 2.45. The van der Waals surface area contributed by atoms with Crippen molar-refractivity contribution in [3.63, 3.8) is 0 Å². The highest BCUT2D eigenvalue weighted by atomic mass is 14.9. The predicted molar refractivity (Wildman–Crippen MR) is 217 cm³/mol. The molecule has 242 valence electrons. The van der Waals surface area contributed by atoms with Crippen molar-refractivity contribution in [1.82, 2.24) is 15.0 Å². The number of hydrogen-bond donors (Lipinski definition) is 0. The fraction of sp³-hybridized carbons (Fsp3) is 0. The molecule has 0 fully saturated rings. The van der Waals surface area contributed by atoms with Crippen LogP contribution in [-0.4, -0.2) is 15.0 Å². The second-order valence-electron chi connectivity index (χ2n) is 13.2. The van der Waals surface area contributed by atoms with Crippen LogP contribution in [0, 0.1) is 0 Å². The van der Waals surface area contributed by atoms with Gasteiger partial charge in [0, 0.05) is 18.0 Å². The molecule has 2 heterocycles. The smallest absolute Gasteiger partial charge is 0.178 e. The Hall–Kier alpha value is -6.97. The third-order valence-corrected chi connectivity index (χ3v) is 10.2. The average Bonchev–Trinajstić information content (AvgIpc) is 3.22. The van der Waals surface area contributed by atoms with Gasteiger partial charge in [-0.2, -0.15) is 0 Å². The lowest BCUT2D eigenvalue weighted by Crippen LogP contribution is -1.93. The van der Waals surface area contributed by atoms with Gasteiger partial charge in [0.15, 0.2) is 5.82 Å². The van der Waals surface area contributed by atoms with Crippen LogP contribution in [0.3, 0.4) is 0 Å². The molecule has 0 bridgehead atoms. The minimum atomic E-state index is 0.620. The van der Waals surface area contributed by atoms with Gasteiger partial charge in [0.05, 0.1) is 5.69 Å². The average molecular weight is 662 g/mol. The summed E-state index contributed by atoms with van der Waals surface area (Å²) < 4.78 is 0. The van der Waals surface area contributed by atoms with E-state index in [9.17, 15) is 0 Å². The molecular weight excluding hydrogens is 631 g/mol. The highest BCUT2D eigenvalue weighted by molar-refractivity contribution is 6.22. The van der Waals surface area contributed by atoms with Crippen LogP contribution in [0.25, 0.3) is 99.2 Å². The summed E-state index contributed by atoms with van der Waals surface area (Å²) in [6.07, 6.45) is 3.49. The Kier molecular flexibility index (Phi) is 7.14. The molecular formula is C49H31N3. The molecule has 52 heavy (non-hydrogen) atoms. The number of benzene rings is 8. The molecule has 0 saturated heterocycles. The van der Waals surface area contributed by atoms with E-state index in [-0.39, 0.29) is 0 Å². The maximum atomic E-state index is 4.88. The molecule has 8 aromatic carbocycles. The van der Waals surface area contributed by atoms with Gasteiger partial charge in [-0.1, -0.05) is 140 Å². The Balaban J connectivity index is 1.17. The summed E-state index contributed by atoms with van der Waals surface area (Å²) in [6.45, 7) is 0. The van der Waals surface area contributed by atoms with Gasteiger partial charge in [0.25, 0.3) is 0 Å². The third-order valence-electron chi connectivity index (χ3n) is 10.2. The normalized spacial score (nSPS) is 11.5. The zero-order valence-corrected chi connectivity index (χ0v) is 28.2. The van der Waals surface area contributed by atoms with E-state index in [1.165, 1.54) is 70.9 Å². The first kappa shape index (κ1) is 29.9. The minimum absolute atomic E-state index is 0.620. The van der Waals surface area contributed by atoms with E-state index < -0.39 is 0 Å². The second kappa shape index (κ2) is 12.4. The van der Waals surface area contributed by atoms with Gasteiger partial charge in [-0.3, -0.25) is 0 Å². The Morgan fingerprint density at radius 1 is 0.288 bits per heavy atom. The zero-order valence-electron chi connectivity index (χ0n) is 28.2. The van der Waals surface area contributed by atoms with Crippen molar-refractivity contribution in [2.24, 2.45) is 0 Å². The van der Waals surface area contributed by atoms with E-state index in [4.69, 9.17) is 4.98 Å². The van der Waals surface area contributed by atoms with Crippen LogP contribution in [0.5, 0.6) is 0 Å². The van der Waals surface area contributed by atoms with Gasteiger partial charge in [-0.25, -0.2) is 15.0 Å². The van der Waals surface area contributed by atoms with Crippen molar-refractivity contribution in [3.05, 3.63) is 188 Å². The molecule has 0 aliphatic heterocycles. The molecule has 0 spiro atoms. The molecule has 3 heteroatoms. The lowest BCUT2D eigenvalue weighted by atomic mass is 9.84. The Bertz CT molecular complexity index is 2950. The summed E-state index contributed by atoms with van der Waals surface area (Å²) in [5.74, 6) is 0.620. The molecule has 0 unspecified atom stereocenters. The Labute approximate surface area is 301 Å². The molecule has 0 radical (unpaired) electrons. The first-order valence-corrected chi connectivity index (χ1v) is 17.6. The summed E-state index contributed by atoms with van der Waals surface area (Å²) in [4.78, 5) is 13.7. The van der Waals surface area contributed by atoms with Gasteiger partial charge in [-0.15, -0.1) is 0 Å². The first-order chi connectivity index (χ1) is 25.8. The minimum Gasteiger partial charge on any atom is -0.244 e. The molecule has 0 saturated carbocycles. The van der Waals surface area contributed by atoms with Crippen molar-refractivity contribution in [2.45, 2.75) is 0 Å². The van der Waals surface area contributed by atoms with Crippen molar-refractivity contribution >= 4 is 43.1 Å². The quantitative estimate of drug-likeness (QED) is 0.172. The molecule has 0 N–H and O–H groups in total. The molecule has 3 nitrogen and oxygen atoms in total. The molecule has 2 aromatic heterocycles. The summed E-state index contributed by atoms with van der Waals surface area (Å²) >= 11 is 0. The first-order valence-electron chi connectivity index (χ1n) is 17.6. The largest absolute Gasteiger partial charge is 0.244 e. The molecule has 0 amide bonds. The van der Waals surface area contributed by atoms with Crippen molar-refractivity contribution < 1.29 is 0 Å². The maximum Gasteiger partial charge on any atom is 0.178 e. The Morgan fingerprint density at radius 3 is 1.44 bits per heavy atom. The van der Waals surface area contributed by atoms with Crippen LogP contribution < -0.4 is 0 Å². The number of aromatic nitrogens is 3. The van der Waals surface area contributed by atoms with E-state index in [1.54, 1.807) is 12.4 Å². The maximum absolute atomic E-state index is 4.88. The molecule has 10 rings (SSSR count). The van der Waals surface area contributed by atoms with Crippen LogP contribution in [0.2, 0.25) is 0 Å². The topological polar surface area (TPSA) is 38.7 Å². The van der Waals surface area contributed by atoms with Crippen LogP contribution in [0.15, 0.2) is 188 Å². The van der Waals surface area contributed by atoms with Crippen molar-refractivity contribution in [1.29, 1.82) is 0 Å². The van der Waals surface area contributed by atoms with E-state index in [0.29, 0.717) is 5.82 Å². The number of fused-ring (bicyclic) bond motifs is 4. The lowest BCUT2D eigenvalue weighted by Gasteiger charge is -2.19. The van der Waals surface area contributed by atoms with Gasteiger partial charge in [0.1, 0.15) is 5.69 Å². The standard InChI is InChI=1S/C49H31N3/c1-3-11-36-29-39(23-19-32(36)9-1)47-41-13-5-6-14-42(41)48(40-24-20-33-10-2-4-12-37(33)30-40)44-31-38(25-26-43(44)47)34-17-21-35(22-18-34)45-15-7-16-46(52-45)49-50-27-8-28-51-49/h1-31H. The van der Waals surface area contributed by atoms with Gasteiger partial charge in [-0.05, 0) is 113 Å². The van der Waals surface area contributed by atoms with Crippen LogP contribution in [0.4, 0.5) is 0 Å². The Morgan fingerprint density at radius 2 is 0.788 bits per heavy atom. The fourth-order valence-corrected chi connectivity index (χ4v) is 7.65. The number of nitrogens with zero attached hydrogens (tertiary/aromatic N) is 3. The SMILES string of the molecule is c1cnc(-c2cccc(-c3ccc(-c4ccc5c(-c6ccc7ccccc7c6)c6ccccc6c(-c6ccc7ccccc7c6)c5c4)cc3)n2)nc1. The number of hydrogen-bond acceptors (Lipinski definition) is 3. The number of rotatable bonds is 5. The van der Waals surface area contributed by atoms with E-state index in [0.717, 1.165) is 22.5 Å². The lowest BCUT2D eigenvalue weighted by molar-refractivity contribution is 1.14. The molecule has 10 aromatic rings. The van der Waals surface area contributed by atoms with Crippen LogP contribution in [-0.2, 0) is 0 Å². The third kappa shape index (κ3) is 5.19. The van der Waals surface area contributed by atoms with Gasteiger partial charge >= 0.3 is 0 Å².